The summed E-state index contributed by atoms with van der Waals surface area (Å²) in [6.07, 6.45) is 4.51. The predicted octanol–water partition coefficient (Wildman–Crippen LogP) is 14.0. The number of hydrogen-bond donors (Lipinski definition) is 0. The summed E-state index contributed by atoms with van der Waals surface area (Å²) in [5, 5.41) is 2.54. The molecule has 3 heteroatoms. The number of hydrogen-bond acceptors (Lipinski definition) is 2. The van der Waals surface area contributed by atoms with E-state index in [1.165, 1.54) is 91.6 Å². The summed E-state index contributed by atoms with van der Waals surface area (Å²) in [5.74, 6) is 0. The Morgan fingerprint density at radius 2 is 1.06 bits per heavy atom. The monoisotopic (exact) mass is 687 g/mol. The Hall–Kier alpha value is -5.48. The van der Waals surface area contributed by atoms with Gasteiger partial charge >= 0.3 is 0 Å². The number of thioether (sulfide) groups is 1. The molecule has 8 aromatic rings. The van der Waals surface area contributed by atoms with Gasteiger partial charge in [0, 0.05) is 36.7 Å². The molecule has 2 heterocycles. The Labute approximate surface area is 307 Å². The maximum Gasteiger partial charge on any atom is 0.0547 e. The number of para-hydroxylation sites is 2. The van der Waals surface area contributed by atoms with E-state index in [9.17, 15) is 0 Å². The van der Waals surface area contributed by atoms with Gasteiger partial charge in [-0.1, -0.05) is 151 Å². The van der Waals surface area contributed by atoms with Gasteiger partial charge < -0.3 is 4.57 Å². The minimum absolute atomic E-state index is 0.996. The van der Waals surface area contributed by atoms with Gasteiger partial charge in [0.05, 0.1) is 11.0 Å². The lowest BCUT2D eigenvalue weighted by atomic mass is 9.87. The van der Waals surface area contributed by atoms with Crippen molar-refractivity contribution in [1.82, 2.24) is 4.57 Å². The third-order valence-electron chi connectivity index (χ3n) is 10.2. The lowest BCUT2D eigenvalue weighted by molar-refractivity contribution is 1.04. The smallest absolute Gasteiger partial charge is 0.0547 e. The van der Waals surface area contributed by atoms with Gasteiger partial charge in [-0.15, -0.1) is 0 Å². The van der Waals surface area contributed by atoms with Gasteiger partial charge in [-0.25, -0.2) is 0 Å². The molecule has 0 saturated carbocycles. The van der Waals surface area contributed by atoms with Crippen LogP contribution in [0.15, 0.2) is 196 Å². The van der Waals surface area contributed by atoms with Crippen LogP contribution < -0.4 is 0 Å². The van der Waals surface area contributed by atoms with Crippen molar-refractivity contribution in [2.75, 3.05) is 0 Å². The second-order valence-electron chi connectivity index (χ2n) is 13.2. The molecule has 1 aliphatic carbocycles. The maximum absolute atomic E-state index is 2.50. The first-order chi connectivity index (χ1) is 25.3. The summed E-state index contributed by atoms with van der Waals surface area (Å²) < 4.78 is 2.42. The largest absolute Gasteiger partial charge is 0.309 e. The molecule has 2 aliphatic rings. The lowest BCUT2D eigenvalue weighted by Crippen LogP contribution is -2.02. The van der Waals surface area contributed by atoms with Crippen molar-refractivity contribution >= 4 is 56.5 Å². The maximum atomic E-state index is 2.50. The Kier molecular flexibility index (Phi) is 7.55. The highest BCUT2D eigenvalue weighted by Gasteiger charge is 2.26. The Bertz CT molecular complexity index is 2680. The van der Waals surface area contributed by atoms with Crippen LogP contribution in [0.5, 0.6) is 0 Å². The van der Waals surface area contributed by atoms with Gasteiger partial charge in [-0.3, -0.25) is 0 Å². The summed E-state index contributed by atoms with van der Waals surface area (Å²) in [5.41, 5.74) is 14.0. The highest BCUT2D eigenvalue weighted by molar-refractivity contribution is 8.03. The number of rotatable bonds is 3. The zero-order valence-electron chi connectivity index (χ0n) is 27.9. The van der Waals surface area contributed by atoms with Gasteiger partial charge in [-0.05, 0) is 105 Å². The van der Waals surface area contributed by atoms with Crippen molar-refractivity contribution in [3.8, 4) is 27.9 Å². The molecule has 1 nitrogen and oxygen atoms in total. The summed E-state index contributed by atoms with van der Waals surface area (Å²) in [4.78, 5) is 5.29. The average Bonchev–Trinajstić information content (AvgIpc) is 3.53. The fourth-order valence-electron chi connectivity index (χ4n) is 7.84. The van der Waals surface area contributed by atoms with Crippen LogP contribution in [0, 0.1) is 0 Å². The first-order valence-corrected chi connectivity index (χ1v) is 19.2. The number of aromatic nitrogens is 1. The van der Waals surface area contributed by atoms with Crippen LogP contribution >= 0.6 is 23.5 Å². The van der Waals surface area contributed by atoms with Crippen LogP contribution in [-0.4, -0.2) is 4.57 Å². The van der Waals surface area contributed by atoms with Crippen LogP contribution in [-0.2, 0) is 0 Å². The Morgan fingerprint density at radius 3 is 1.86 bits per heavy atom. The van der Waals surface area contributed by atoms with E-state index in [1.807, 2.05) is 23.5 Å². The van der Waals surface area contributed by atoms with E-state index in [2.05, 4.69) is 181 Å². The highest BCUT2D eigenvalue weighted by Crippen LogP contribution is 2.52. The van der Waals surface area contributed by atoms with E-state index in [0.29, 0.717) is 0 Å². The quantitative estimate of drug-likeness (QED) is 0.182. The van der Waals surface area contributed by atoms with E-state index in [1.54, 1.807) is 0 Å². The van der Waals surface area contributed by atoms with Crippen molar-refractivity contribution < 1.29 is 0 Å². The summed E-state index contributed by atoms with van der Waals surface area (Å²) in [6.45, 7) is 0. The highest BCUT2D eigenvalue weighted by atomic mass is 32.2. The molecule has 1 aliphatic heterocycles. The molecule has 0 atom stereocenters. The summed E-state index contributed by atoms with van der Waals surface area (Å²) >= 11 is 3.85. The van der Waals surface area contributed by atoms with Crippen LogP contribution in [0.4, 0.5) is 0 Å². The van der Waals surface area contributed by atoms with Crippen molar-refractivity contribution in [2.24, 2.45) is 0 Å². The van der Waals surface area contributed by atoms with E-state index < -0.39 is 0 Å². The second-order valence-corrected chi connectivity index (χ2v) is 15.4. The first kappa shape index (κ1) is 30.4. The van der Waals surface area contributed by atoms with Gasteiger partial charge in [0.25, 0.3) is 0 Å². The number of fused-ring (bicyclic) bond motifs is 8. The molecule has 0 spiro atoms. The molecule has 7 aromatic carbocycles. The van der Waals surface area contributed by atoms with E-state index in [-0.39, 0.29) is 0 Å². The molecule has 51 heavy (non-hydrogen) atoms. The average molecular weight is 688 g/mol. The molecule has 0 saturated heterocycles. The third kappa shape index (κ3) is 5.28. The first-order valence-electron chi connectivity index (χ1n) is 17.6. The predicted molar refractivity (Wildman–Crippen MR) is 219 cm³/mol. The number of allylic oxidation sites excluding steroid dienone is 4. The van der Waals surface area contributed by atoms with Gasteiger partial charge in [0.15, 0.2) is 0 Å². The molecular formula is C48H33NS2. The van der Waals surface area contributed by atoms with Crippen LogP contribution in [0.2, 0.25) is 0 Å². The van der Waals surface area contributed by atoms with E-state index in [4.69, 9.17) is 0 Å². The third-order valence-corrected chi connectivity index (χ3v) is 12.6. The van der Waals surface area contributed by atoms with Crippen molar-refractivity contribution in [3.05, 3.63) is 192 Å². The molecule has 242 valence electrons. The zero-order valence-corrected chi connectivity index (χ0v) is 29.6. The van der Waals surface area contributed by atoms with Crippen LogP contribution in [0.3, 0.4) is 0 Å². The number of benzene rings is 7. The minimum Gasteiger partial charge on any atom is -0.309 e. The van der Waals surface area contributed by atoms with E-state index in [0.717, 1.165) is 12.8 Å². The molecule has 10 rings (SSSR count). The van der Waals surface area contributed by atoms with Crippen molar-refractivity contribution in [3.63, 3.8) is 0 Å². The van der Waals surface area contributed by atoms with Gasteiger partial charge in [-0.2, -0.15) is 0 Å². The molecule has 0 radical (unpaired) electrons. The standard InChI is InChI=1S/C48H33NS2/c1-3-14-32(15-4-1)33-27-29-46-41(30-33)48-36(21-13-25-47(48)51-45-24-12-9-20-40(45)39-19-8-11-23-44(39)50-46)34-26-28-38-37-18-7-10-22-42(37)49(43(38)31-34)35-16-5-2-6-17-35/h1-26,28,30-31H,27,29H2. The second kappa shape index (κ2) is 12.7. The summed E-state index contributed by atoms with van der Waals surface area (Å²) in [7, 11) is 0. The molecule has 0 amide bonds. The molecule has 0 bridgehead atoms. The molecule has 0 unspecified atom stereocenters. The van der Waals surface area contributed by atoms with Gasteiger partial charge in [0.1, 0.15) is 0 Å². The fraction of sp³-hybridized carbons (Fsp3) is 0.0417. The van der Waals surface area contributed by atoms with Crippen molar-refractivity contribution in [1.29, 1.82) is 0 Å². The molecule has 1 aromatic heterocycles. The van der Waals surface area contributed by atoms with Gasteiger partial charge in [0.2, 0.25) is 0 Å². The van der Waals surface area contributed by atoms with Crippen LogP contribution in [0.25, 0.3) is 60.9 Å². The summed E-state index contributed by atoms with van der Waals surface area (Å²) in [6, 6.07) is 62.4. The van der Waals surface area contributed by atoms with E-state index >= 15 is 0 Å². The Morgan fingerprint density at radius 1 is 0.431 bits per heavy atom. The lowest BCUT2D eigenvalue weighted by Gasteiger charge is -2.26. The molecule has 0 N–H and O–H groups in total. The van der Waals surface area contributed by atoms with Crippen LogP contribution in [0.1, 0.15) is 24.0 Å². The topological polar surface area (TPSA) is 4.93 Å². The zero-order chi connectivity index (χ0) is 33.7. The van der Waals surface area contributed by atoms with Crippen molar-refractivity contribution in [2.45, 2.75) is 27.5 Å². The molecular weight excluding hydrogens is 655 g/mol. The number of nitrogens with zero attached hydrogens (tertiary/aromatic N) is 1. The molecule has 0 fully saturated rings. The minimum atomic E-state index is 0.996. The SMILES string of the molecule is C1=C(c2ccccc2)CCC2=C1c1c(cccc1-c1ccc3c4ccccc4n(-c4ccccc4)c3c1)Sc1ccccc1-c1ccccc1S2. The Balaban J connectivity index is 1.26. The fourth-order valence-corrected chi connectivity index (χ4v) is 10.2. The normalized spacial score (nSPS) is 14.0.